The molecule has 2 aliphatic rings. The lowest BCUT2D eigenvalue weighted by Gasteiger charge is -2.20. The Morgan fingerprint density at radius 1 is 1.28 bits per heavy atom. The second kappa shape index (κ2) is 6.24. The molecule has 0 saturated carbocycles. The van der Waals surface area contributed by atoms with Crippen LogP contribution in [-0.4, -0.2) is 25.0 Å². The van der Waals surface area contributed by atoms with Crippen LogP contribution in [0.4, 0.5) is 11.4 Å². The van der Waals surface area contributed by atoms with Crippen LogP contribution in [0.1, 0.15) is 17.5 Å². The predicted octanol–water partition coefficient (Wildman–Crippen LogP) is 2.92. The first-order chi connectivity index (χ1) is 12.1. The third-order valence-electron chi connectivity index (χ3n) is 4.81. The zero-order chi connectivity index (χ0) is 17.4. The molecule has 0 bridgehead atoms. The Morgan fingerprint density at radius 2 is 2.12 bits per heavy atom. The van der Waals surface area contributed by atoms with Crippen molar-refractivity contribution in [3.63, 3.8) is 0 Å². The molecule has 2 aromatic carbocycles. The fraction of sp³-hybridized carbons (Fsp3) is 0.300. The highest BCUT2D eigenvalue weighted by Crippen LogP contribution is 2.31. The summed E-state index contributed by atoms with van der Waals surface area (Å²) in [4.78, 5) is 27.1. The maximum absolute atomic E-state index is 12.8. The lowest BCUT2D eigenvalue weighted by Crippen LogP contribution is -2.35. The lowest BCUT2D eigenvalue weighted by molar-refractivity contribution is -0.126. The van der Waals surface area contributed by atoms with Gasteiger partial charge in [0.25, 0.3) is 0 Å². The molecule has 0 fully saturated rings. The maximum atomic E-state index is 12.8. The van der Waals surface area contributed by atoms with Crippen molar-refractivity contribution in [2.75, 3.05) is 23.4 Å². The third-order valence-corrected chi connectivity index (χ3v) is 4.81. The van der Waals surface area contributed by atoms with Gasteiger partial charge in [0.2, 0.25) is 11.8 Å². The van der Waals surface area contributed by atoms with Crippen LogP contribution in [-0.2, 0) is 16.0 Å². The average molecular weight is 336 g/mol. The second-order valence-corrected chi connectivity index (χ2v) is 6.63. The monoisotopic (exact) mass is 336 g/mol. The fourth-order valence-electron chi connectivity index (χ4n) is 3.44. The normalized spacial score (nSPS) is 18.7. The predicted molar refractivity (Wildman–Crippen MR) is 95.9 cm³/mol. The topological polar surface area (TPSA) is 58.6 Å². The van der Waals surface area contributed by atoms with Crippen molar-refractivity contribution in [3.05, 3.63) is 53.6 Å². The van der Waals surface area contributed by atoms with Crippen molar-refractivity contribution >= 4 is 23.2 Å². The van der Waals surface area contributed by atoms with Gasteiger partial charge in [0.05, 0.1) is 11.6 Å². The summed E-state index contributed by atoms with van der Waals surface area (Å²) in [5.41, 5.74) is 3.86. The molecule has 5 nitrogen and oxygen atoms in total. The van der Waals surface area contributed by atoms with Crippen LogP contribution in [0.15, 0.2) is 42.5 Å². The van der Waals surface area contributed by atoms with Crippen LogP contribution in [0.3, 0.4) is 0 Å². The van der Waals surface area contributed by atoms with Crippen LogP contribution in [0.25, 0.3) is 0 Å². The van der Waals surface area contributed by atoms with Gasteiger partial charge in [-0.3, -0.25) is 9.59 Å². The van der Waals surface area contributed by atoms with Gasteiger partial charge in [-0.15, -0.1) is 0 Å². The molecule has 2 aromatic rings. The number of carbonyl (C=O) groups excluding carboxylic acids is 2. The Bertz CT molecular complexity index is 847. The van der Waals surface area contributed by atoms with Crippen LogP contribution < -0.4 is 15.0 Å². The maximum Gasteiger partial charge on any atom is 0.231 e. The quantitative estimate of drug-likeness (QED) is 0.917. The molecule has 128 valence electrons. The number of nitrogens with zero attached hydrogens (tertiary/aromatic N) is 1. The van der Waals surface area contributed by atoms with Crippen LogP contribution in [0, 0.1) is 12.8 Å². The van der Waals surface area contributed by atoms with Gasteiger partial charge in [-0.25, -0.2) is 0 Å². The molecule has 2 aliphatic heterocycles. The van der Waals surface area contributed by atoms with Gasteiger partial charge in [0, 0.05) is 18.7 Å². The number of ether oxygens (including phenoxy) is 1. The van der Waals surface area contributed by atoms with Gasteiger partial charge in [-0.1, -0.05) is 24.3 Å². The molecule has 0 aromatic heterocycles. The minimum Gasteiger partial charge on any atom is -0.491 e. The molecule has 1 N–H and O–H groups in total. The summed E-state index contributed by atoms with van der Waals surface area (Å²) in [6, 6.07) is 13.6. The Morgan fingerprint density at radius 3 is 3.00 bits per heavy atom. The molecule has 5 heteroatoms. The van der Waals surface area contributed by atoms with E-state index in [0.29, 0.717) is 18.0 Å². The van der Waals surface area contributed by atoms with E-state index in [1.807, 2.05) is 49.4 Å². The smallest absolute Gasteiger partial charge is 0.231 e. The van der Waals surface area contributed by atoms with Gasteiger partial charge >= 0.3 is 0 Å². The Balaban J connectivity index is 1.48. The molecule has 0 radical (unpaired) electrons. The lowest BCUT2D eigenvalue weighted by atomic mass is 10.0. The molecule has 0 spiro atoms. The zero-order valence-electron chi connectivity index (χ0n) is 14.1. The standard InChI is InChI=1S/C20H20N2O3/c1-13-6-7-18-16(10-13)21-20(24)15(12-25-18)11-19(23)22-9-8-14-4-2-3-5-17(14)22/h2-7,10,15H,8-9,11-12H2,1H3,(H,21,24). The summed E-state index contributed by atoms with van der Waals surface area (Å²) in [6.07, 6.45) is 1.01. The SMILES string of the molecule is Cc1ccc2c(c1)NC(=O)C(CC(=O)N1CCc3ccccc31)CO2. The highest BCUT2D eigenvalue weighted by molar-refractivity contribution is 6.01. The van der Waals surface area contributed by atoms with E-state index in [-0.39, 0.29) is 24.8 Å². The minimum absolute atomic E-state index is 0.0316. The average Bonchev–Trinajstić information content (AvgIpc) is 2.97. The third kappa shape index (κ3) is 2.97. The van der Waals surface area contributed by atoms with Gasteiger partial charge in [0.1, 0.15) is 12.4 Å². The highest BCUT2D eigenvalue weighted by atomic mass is 16.5. The largest absolute Gasteiger partial charge is 0.491 e. The van der Waals surface area contributed by atoms with Crippen molar-refractivity contribution < 1.29 is 14.3 Å². The van der Waals surface area contributed by atoms with Crippen LogP contribution in [0.2, 0.25) is 0 Å². The number of amides is 2. The first-order valence-electron chi connectivity index (χ1n) is 8.54. The molecule has 1 atom stereocenters. The van der Waals surface area contributed by atoms with Gasteiger partial charge in [-0.2, -0.15) is 0 Å². The van der Waals surface area contributed by atoms with Crippen molar-refractivity contribution in [2.45, 2.75) is 19.8 Å². The number of benzene rings is 2. The summed E-state index contributed by atoms with van der Waals surface area (Å²) in [5, 5.41) is 2.89. The van der Waals surface area contributed by atoms with E-state index in [1.165, 1.54) is 5.56 Å². The summed E-state index contributed by atoms with van der Waals surface area (Å²) >= 11 is 0. The minimum atomic E-state index is -0.493. The van der Waals surface area contributed by atoms with Crippen molar-refractivity contribution in [1.29, 1.82) is 0 Å². The van der Waals surface area contributed by atoms with E-state index in [9.17, 15) is 9.59 Å². The van der Waals surface area contributed by atoms with Crippen LogP contribution >= 0.6 is 0 Å². The van der Waals surface area contributed by atoms with Crippen molar-refractivity contribution in [1.82, 2.24) is 0 Å². The molecular formula is C20H20N2O3. The second-order valence-electron chi connectivity index (χ2n) is 6.63. The molecule has 1 unspecified atom stereocenters. The fourth-order valence-corrected chi connectivity index (χ4v) is 3.44. The molecule has 2 amide bonds. The summed E-state index contributed by atoms with van der Waals surface area (Å²) in [7, 11) is 0. The van der Waals surface area contributed by atoms with Crippen molar-refractivity contribution in [3.8, 4) is 5.75 Å². The van der Waals surface area contributed by atoms with Gasteiger partial charge < -0.3 is 15.0 Å². The number of aryl methyl sites for hydroxylation is 1. The van der Waals surface area contributed by atoms with E-state index in [1.54, 1.807) is 4.90 Å². The first kappa shape index (κ1) is 15.7. The number of hydrogen-bond donors (Lipinski definition) is 1. The van der Waals surface area contributed by atoms with E-state index in [0.717, 1.165) is 17.7 Å². The van der Waals surface area contributed by atoms with E-state index < -0.39 is 5.92 Å². The molecule has 25 heavy (non-hydrogen) atoms. The summed E-state index contributed by atoms with van der Waals surface area (Å²) in [6.45, 7) is 2.85. The number of nitrogens with one attached hydrogen (secondary N) is 1. The summed E-state index contributed by atoms with van der Waals surface area (Å²) < 4.78 is 5.77. The molecule has 2 heterocycles. The number of hydrogen-bond acceptors (Lipinski definition) is 3. The molecule has 4 rings (SSSR count). The Kier molecular flexibility index (Phi) is 3.92. The van der Waals surface area contributed by atoms with Crippen molar-refractivity contribution in [2.24, 2.45) is 5.92 Å². The number of carbonyl (C=O) groups is 2. The Hall–Kier alpha value is -2.82. The van der Waals surface area contributed by atoms with E-state index >= 15 is 0 Å². The Labute approximate surface area is 146 Å². The molecule has 0 saturated heterocycles. The van der Waals surface area contributed by atoms with Crippen LogP contribution in [0.5, 0.6) is 5.75 Å². The van der Waals surface area contributed by atoms with E-state index in [4.69, 9.17) is 4.74 Å². The number of fused-ring (bicyclic) bond motifs is 2. The van der Waals surface area contributed by atoms with Gasteiger partial charge in [-0.05, 0) is 42.7 Å². The first-order valence-corrected chi connectivity index (χ1v) is 8.54. The highest BCUT2D eigenvalue weighted by Gasteiger charge is 2.31. The molecule has 0 aliphatic carbocycles. The van der Waals surface area contributed by atoms with Gasteiger partial charge in [0.15, 0.2) is 0 Å². The number of para-hydroxylation sites is 1. The number of rotatable bonds is 2. The summed E-state index contributed by atoms with van der Waals surface area (Å²) in [5.74, 6) is -0.0330. The molecular weight excluding hydrogens is 316 g/mol. The zero-order valence-corrected chi connectivity index (χ0v) is 14.1. The van der Waals surface area contributed by atoms with E-state index in [2.05, 4.69) is 5.32 Å². The number of anilines is 2.